The smallest absolute Gasteiger partial charge is 0.117 e. The minimum atomic E-state index is 0. The molecule has 1 heterocycles. The lowest BCUT2D eigenvalue weighted by Gasteiger charge is -1.80. The van der Waals surface area contributed by atoms with Crippen LogP contribution in [-0.4, -0.2) is 0 Å². The van der Waals surface area contributed by atoms with Crippen LogP contribution in [0.15, 0.2) is 22.8 Å². The van der Waals surface area contributed by atoms with E-state index in [2.05, 4.69) is 0 Å². The molecule has 0 aromatic carbocycles. The largest absolute Gasteiger partial charge is 0.468 e. The molecule has 0 aliphatic rings. The average molecular weight is 99.1 g/mol. The van der Waals surface area contributed by atoms with Crippen molar-refractivity contribution in [2.75, 3.05) is 0 Å². The van der Waals surface area contributed by atoms with Crippen LogP contribution < -0.4 is 5.73 Å². The summed E-state index contributed by atoms with van der Waals surface area (Å²) in [6, 6.07) is 3.67. The second-order valence-corrected chi connectivity index (χ2v) is 1.28. The molecular weight excluding hydrogens is 90.1 g/mol. The van der Waals surface area contributed by atoms with Crippen LogP contribution in [0.3, 0.4) is 0 Å². The van der Waals surface area contributed by atoms with E-state index in [9.17, 15) is 0 Å². The second-order valence-electron chi connectivity index (χ2n) is 1.28. The number of hydrogen-bond acceptors (Lipinski definition) is 2. The maximum absolute atomic E-state index is 5.20. The first-order valence-electron chi connectivity index (χ1n) is 2.16. The lowest BCUT2D eigenvalue weighted by atomic mass is 10.5. The molecule has 7 heavy (non-hydrogen) atoms. The van der Waals surface area contributed by atoms with Gasteiger partial charge >= 0.3 is 0 Å². The zero-order chi connectivity index (χ0) is 5.11. The van der Waals surface area contributed by atoms with Gasteiger partial charge in [0.05, 0.1) is 12.8 Å². The van der Waals surface area contributed by atoms with E-state index in [4.69, 9.17) is 10.2 Å². The van der Waals surface area contributed by atoms with E-state index in [1.165, 1.54) is 0 Å². The fourth-order valence-electron chi connectivity index (χ4n) is 0.429. The van der Waals surface area contributed by atoms with Crippen molar-refractivity contribution in [3.8, 4) is 0 Å². The molecule has 1 aromatic rings. The molecule has 2 heteroatoms. The SMILES string of the molecule is NCc1ccco1.[HH]. The molecule has 0 unspecified atom stereocenters. The van der Waals surface area contributed by atoms with Crippen molar-refractivity contribution in [1.82, 2.24) is 0 Å². The Morgan fingerprint density at radius 1 is 1.86 bits per heavy atom. The van der Waals surface area contributed by atoms with Gasteiger partial charge in [-0.15, -0.1) is 0 Å². The van der Waals surface area contributed by atoms with E-state index < -0.39 is 0 Å². The Labute approximate surface area is 43.4 Å². The lowest BCUT2D eigenvalue weighted by molar-refractivity contribution is 0.512. The Balaban J connectivity index is 0.000000490. The van der Waals surface area contributed by atoms with E-state index in [1.807, 2.05) is 12.1 Å². The summed E-state index contributed by atoms with van der Waals surface area (Å²) in [7, 11) is 0. The molecule has 0 aliphatic heterocycles. The van der Waals surface area contributed by atoms with Crippen LogP contribution in [0.5, 0.6) is 0 Å². The Bertz CT molecular complexity index is 127. The molecule has 0 saturated heterocycles. The Hall–Kier alpha value is -0.760. The van der Waals surface area contributed by atoms with Crippen LogP contribution in [0.25, 0.3) is 0 Å². The van der Waals surface area contributed by atoms with Crippen molar-refractivity contribution in [3.63, 3.8) is 0 Å². The topological polar surface area (TPSA) is 39.2 Å². The summed E-state index contributed by atoms with van der Waals surface area (Å²) in [5.41, 5.74) is 5.20. The first-order chi connectivity index (χ1) is 3.43. The van der Waals surface area contributed by atoms with Gasteiger partial charge in [0, 0.05) is 1.43 Å². The van der Waals surface area contributed by atoms with Crippen LogP contribution >= 0.6 is 0 Å². The van der Waals surface area contributed by atoms with Gasteiger partial charge in [0.2, 0.25) is 0 Å². The van der Waals surface area contributed by atoms with Gasteiger partial charge in [-0.25, -0.2) is 0 Å². The Morgan fingerprint density at radius 2 is 2.71 bits per heavy atom. The summed E-state index contributed by atoms with van der Waals surface area (Å²) in [6.45, 7) is 0.493. The van der Waals surface area contributed by atoms with E-state index in [-0.39, 0.29) is 1.43 Å². The minimum Gasteiger partial charge on any atom is -0.468 e. The molecule has 40 valence electrons. The highest BCUT2D eigenvalue weighted by molar-refractivity contribution is 4.96. The molecule has 0 saturated carbocycles. The Kier molecular flexibility index (Phi) is 1.13. The lowest BCUT2D eigenvalue weighted by Crippen LogP contribution is -1.92. The van der Waals surface area contributed by atoms with Crippen molar-refractivity contribution in [2.24, 2.45) is 5.73 Å². The highest BCUT2D eigenvalue weighted by atomic mass is 16.3. The van der Waals surface area contributed by atoms with Crippen molar-refractivity contribution in [1.29, 1.82) is 0 Å². The van der Waals surface area contributed by atoms with Crippen molar-refractivity contribution < 1.29 is 5.84 Å². The second kappa shape index (κ2) is 1.80. The third kappa shape index (κ3) is 0.810. The fourth-order valence-corrected chi connectivity index (χ4v) is 0.429. The summed E-state index contributed by atoms with van der Waals surface area (Å²) in [5.74, 6) is 0.833. The van der Waals surface area contributed by atoms with Crippen LogP contribution in [0.2, 0.25) is 0 Å². The molecule has 0 amide bonds. The monoisotopic (exact) mass is 99.1 g/mol. The number of hydrogen-bond donors (Lipinski definition) is 1. The summed E-state index contributed by atoms with van der Waals surface area (Å²) >= 11 is 0. The summed E-state index contributed by atoms with van der Waals surface area (Å²) in [6.07, 6.45) is 1.61. The first kappa shape index (κ1) is 4.40. The number of furan rings is 1. The van der Waals surface area contributed by atoms with Gasteiger partial charge in [0.25, 0.3) is 0 Å². The maximum Gasteiger partial charge on any atom is 0.117 e. The van der Waals surface area contributed by atoms with Crippen LogP contribution in [0.1, 0.15) is 7.19 Å². The van der Waals surface area contributed by atoms with E-state index in [0.717, 1.165) is 5.76 Å². The molecule has 0 fully saturated rings. The van der Waals surface area contributed by atoms with Gasteiger partial charge in [0.1, 0.15) is 5.76 Å². The summed E-state index contributed by atoms with van der Waals surface area (Å²) in [4.78, 5) is 0. The predicted molar refractivity (Wildman–Crippen MR) is 28.7 cm³/mol. The summed E-state index contributed by atoms with van der Waals surface area (Å²) < 4.78 is 4.86. The van der Waals surface area contributed by atoms with Crippen molar-refractivity contribution in [3.05, 3.63) is 24.2 Å². The van der Waals surface area contributed by atoms with Crippen LogP contribution in [0, 0.1) is 0 Å². The number of rotatable bonds is 1. The Morgan fingerprint density at radius 3 is 3.00 bits per heavy atom. The third-order valence-electron chi connectivity index (χ3n) is 0.781. The molecule has 1 rings (SSSR count). The predicted octanol–water partition coefficient (Wildman–Crippen LogP) is 0.984. The number of nitrogens with two attached hydrogens (primary N) is 1. The van der Waals surface area contributed by atoms with E-state index >= 15 is 0 Å². The first-order valence-corrected chi connectivity index (χ1v) is 2.16. The fraction of sp³-hybridized carbons (Fsp3) is 0.200. The molecular formula is C5H9NO. The van der Waals surface area contributed by atoms with Gasteiger partial charge in [-0.3, -0.25) is 0 Å². The highest BCUT2D eigenvalue weighted by Crippen LogP contribution is 1.95. The standard InChI is InChI=1S/C5H7NO.H2/c6-4-5-2-1-3-7-5;/h1-3H,4,6H2;1H. The highest BCUT2D eigenvalue weighted by Gasteiger charge is 1.84. The van der Waals surface area contributed by atoms with Gasteiger partial charge in [-0.05, 0) is 12.1 Å². The zero-order valence-electron chi connectivity index (χ0n) is 3.92. The van der Waals surface area contributed by atoms with Crippen molar-refractivity contribution >= 4 is 0 Å². The van der Waals surface area contributed by atoms with E-state index in [1.54, 1.807) is 6.26 Å². The average Bonchev–Trinajstić information content (AvgIpc) is 2.14. The molecule has 2 nitrogen and oxygen atoms in total. The molecule has 1 aromatic heterocycles. The van der Waals surface area contributed by atoms with Gasteiger partial charge in [-0.2, -0.15) is 0 Å². The quantitative estimate of drug-likeness (QED) is 0.570. The van der Waals surface area contributed by atoms with Gasteiger partial charge in [-0.1, -0.05) is 0 Å². The zero-order valence-corrected chi connectivity index (χ0v) is 3.92. The van der Waals surface area contributed by atoms with E-state index in [0.29, 0.717) is 6.54 Å². The molecule has 0 bridgehead atoms. The third-order valence-corrected chi connectivity index (χ3v) is 0.781. The van der Waals surface area contributed by atoms with Gasteiger partial charge < -0.3 is 10.2 Å². The minimum absolute atomic E-state index is 0. The van der Waals surface area contributed by atoms with Gasteiger partial charge in [0.15, 0.2) is 0 Å². The normalized spacial score (nSPS) is 9.29. The molecule has 0 spiro atoms. The molecule has 2 N–H and O–H groups in total. The maximum atomic E-state index is 5.20. The van der Waals surface area contributed by atoms with Crippen LogP contribution in [0.4, 0.5) is 0 Å². The molecule has 0 aliphatic carbocycles. The molecule has 0 radical (unpaired) electrons. The van der Waals surface area contributed by atoms with Crippen molar-refractivity contribution in [2.45, 2.75) is 6.54 Å². The summed E-state index contributed by atoms with van der Waals surface area (Å²) in [5, 5.41) is 0. The molecule has 0 atom stereocenters. The van der Waals surface area contributed by atoms with Crippen LogP contribution in [-0.2, 0) is 6.54 Å².